The molecule has 0 bridgehead atoms. The van der Waals surface area contributed by atoms with E-state index in [9.17, 15) is 4.79 Å². The summed E-state index contributed by atoms with van der Waals surface area (Å²) in [6.07, 6.45) is -0.226. The highest BCUT2D eigenvalue weighted by Gasteiger charge is 2.20. The molecule has 0 aliphatic heterocycles. The number of hydrogen-bond donors (Lipinski definition) is 1. The molecule has 0 radical (unpaired) electrons. The number of alkyl halides is 2. The molecule has 0 saturated heterocycles. The van der Waals surface area contributed by atoms with Crippen LogP contribution in [0.4, 0.5) is 0 Å². The summed E-state index contributed by atoms with van der Waals surface area (Å²) in [4.78, 5) is 10.1. The van der Waals surface area contributed by atoms with Gasteiger partial charge in [-0.05, 0) is 6.92 Å². The summed E-state index contributed by atoms with van der Waals surface area (Å²) in [7, 11) is 0. The second-order valence-corrected chi connectivity index (χ2v) is 2.99. The SMILES string of the molecule is CC(=O)CC(O)(Cl)Cl. The standard InChI is InChI=1S/C4H6Cl2O2/c1-3(7)2-4(5,6)8/h8H,2H2,1H3. The first-order valence-corrected chi connectivity index (χ1v) is 2.77. The van der Waals surface area contributed by atoms with Crippen LogP contribution >= 0.6 is 23.2 Å². The lowest BCUT2D eigenvalue weighted by Crippen LogP contribution is -2.14. The van der Waals surface area contributed by atoms with E-state index in [1.54, 1.807) is 0 Å². The van der Waals surface area contributed by atoms with Crippen molar-refractivity contribution in [3.63, 3.8) is 0 Å². The van der Waals surface area contributed by atoms with E-state index in [-0.39, 0.29) is 12.2 Å². The smallest absolute Gasteiger partial charge is 0.221 e. The van der Waals surface area contributed by atoms with Crippen LogP contribution in [0, 0.1) is 0 Å². The molecule has 0 aliphatic rings. The summed E-state index contributed by atoms with van der Waals surface area (Å²) in [5, 5.41) is 8.50. The summed E-state index contributed by atoms with van der Waals surface area (Å²) in [6.45, 7) is 1.30. The minimum absolute atomic E-state index is 0.226. The topological polar surface area (TPSA) is 37.3 Å². The number of carbonyl (C=O) groups is 1. The molecule has 2 nitrogen and oxygen atoms in total. The molecule has 48 valence electrons. The van der Waals surface area contributed by atoms with Crippen molar-refractivity contribution in [1.82, 2.24) is 0 Å². The van der Waals surface area contributed by atoms with E-state index < -0.39 is 4.52 Å². The minimum Gasteiger partial charge on any atom is -0.362 e. The van der Waals surface area contributed by atoms with Gasteiger partial charge in [0, 0.05) is 0 Å². The maximum Gasteiger partial charge on any atom is 0.221 e. The summed E-state index contributed by atoms with van der Waals surface area (Å²) in [5.74, 6) is -0.238. The number of aliphatic hydroxyl groups is 1. The molecule has 0 aromatic heterocycles. The van der Waals surface area contributed by atoms with Gasteiger partial charge in [0.25, 0.3) is 0 Å². The highest BCUT2D eigenvalue weighted by Crippen LogP contribution is 2.20. The Kier molecular flexibility index (Phi) is 2.74. The maximum absolute atomic E-state index is 10.1. The molecule has 0 rings (SSSR count). The minimum atomic E-state index is -1.88. The fourth-order valence-corrected chi connectivity index (χ4v) is 0.676. The van der Waals surface area contributed by atoms with Crippen molar-refractivity contribution in [1.29, 1.82) is 0 Å². The van der Waals surface area contributed by atoms with Crippen LogP contribution in [0.1, 0.15) is 13.3 Å². The van der Waals surface area contributed by atoms with Gasteiger partial charge in [-0.15, -0.1) is 0 Å². The van der Waals surface area contributed by atoms with Gasteiger partial charge < -0.3 is 5.11 Å². The maximum atomic E-state index is 10.1. The monoisotopic (exact) mass is 156 g/mol. The first-order chi connectivity index (χ1) is 3.42. The average molecular weight is 157 g/mol. The molecule has 0 heterocycles. The summed E-state index contributed by atoms with van der Waals surface area (Å²) in [5.41, 5.74) is 0. The Labute approximate surface area is 57.4 Å². The molecule has 0 saturated carbocycles. The number of hydrogen-bond acceptors (Lipinski definition) is 2. The number of halogens is 2. The van der Waals surface area contributed by atoms with Crippen molar-refractivity contribution in [3.05, 3.63) is 0 Å². The van der Waals surface area contributed by atoms with Gasteiger partial charge in [0.2, 0.25) is 4.52 Å². The molecule has 0 aromatic rings. The molecule has 0 aromatic carbocycles. The molecule has 0 spiro atoms. The molecule has 0 atom stereocenters. The van der Waals surface area contributed by atoms with Crippen LogP contribution < -0.4 is 0 Å². The fourth-order valence-electron chi connectivity index (χ4n) is 0.300. The number of rotatable bonds is 2. The lowest BCUT2D eigenvalue weighted by molar-refractivity contribution is -0.118. The van der Waals surface area contributed by atoms with Crippen LogP contribution in [0.15, 0.2) is 0 Å². The van der Waals surface area contributed by atoms with E-state index in [4.69, 9.17) is 28.3 Å². The highest BCUT2D eigenvalue weighted by atomic mass is 35.5. The van der Waals surface area contributed by atoms with Gasteiger partial charge in [0.15, 0.2) is 0 Å². The van der Waals surface area contributed by atoms with Crippen LogP contribution in [-0.4, -0.2) is 15.4 Å². The van der Waals surface area contributed by atoms with Gasteiger partial charge in [0.05, 0.1) is 6.42 Å². The summed E-state index contributed by atoms with van der Waals surface area (Å²) in [6, 6.07) is 0. The van der Waals surface area contributed by atoms with Crippen molar-refractivity contribution in [2.45, 2.75) is 17.9 Å². The van der Waals surface area contributed by atoms with Crippen molar-refractivity contribution in [2.24, 2.45) is 0 Å². The predicted octanol–water partition coefficient (Wildman–Crippen LogP) is 1.09. The number of Topliss-reactive ketones (excluding diaryl/α,β-unsaturated/α-hetero) is 1. The van der Waals surface area contributed by atoms with E-state index in [1.165, 1.54) is 6.92 Å². The zero-order valence-corrected chi connectivity index (χ0v) is 5.83. The van der Waals surface area contributed by atoms with Gasteiger partial charge in [-0.25, -0.2) is 0 Å². The Hall–Kier alpha value is 0.210. The zero-order valence-electron chi connectivity index (χ0n) is 4.32. The van der Waals surface area contributed by atoms with Crippen molar-refractivity contribution in [3.8, 4) is 0 Å². The van der Waals surface area contributed by atoms with Gasteiger partial charge in [0.1, 0.15) is 5.78 Å². The lowest BCUT2D eigenvalue weighted by atomic mass is 10.3. The quantitative estimate of drug-likeness (QED) is 0.609. The van der Waals surface area contributed by atoms with E-state index >= 15 is 0 Å². The normalized spacial score (nSPS) is 11.5. The van der Waals surface area contributed by atoms with Gasteiger partial charge >= 0.3 is 0 Å². The van der Waals surface area contributed by atoms with Crippen LogP contribution in [-0.2, 0) is 4.79 Å². The van der Waals surface area contributed by atoms with Crippen molar-refractivity contribution in [2.75, 3.05) is 0 Å². The van der Waals surface area contributed by atoms with Crippen molar-refractivity contribution < 1.29 is 9.90 Å². The van der Waals surface area contributed by atoms with Crippen LogP contribution in [0.3, 0.4) is 0 Å². The first kappa shape index (κ1) is 8.21. The zero-order chi connectivity index (χ0) is 6.78. The first-order valence-electron chi connectivity index (χ1n) is 2.01. The van der Waals surface area contributed by atoms with Crippen molar-refractivity contribution >= 4 is 29.0 Å². The lowest BCUT2D eigenvalue weighted by Gasteiger charge is -2.06. The van der Waals surface area contributed by atoms with Gasteiger partial charge in [-0.2, -0.15) is 0 Å². The van der Waals surface area contributed by atoms with Crippen LogP contribution in [0.5, 0.6) is 0 Å². The Balaban J connectivity index is 3.55. The fraction of sp³-hybridized carbons (Fsp3) is 0.750. The van der Waals surface area contributed by atoms with E-state index in [0.717, 1.165) is 0 Å². The summed E-state index contributed by atoms with van der Waals surface area (Å²) >= 11 is 10.1. The molecule has 0 amide bonds. The van der Waals surface area contributed by atoms with Gasteiger partial charge in [-0.1, -0.05) is 23.2 Å². The number of ketones is 1. The summed E-state index contributed by atoms with van der Waals surface area (Å²) < 4.78 is -1.88. The molecule has 0 fully saturated rings. The highest BCUT2D eigenvalue weighted by molar-refractivity contribution is 6.47. The molecular weight excluding hydrogens is 151 g/mol. The molecule has 4 heteroatoms. The Morgan fingerprint density at radius 2 is 2.12 bits per heavy atom. The van der Waals surface area contributed by atoms with E-state index in [0.29, 0.717) is 0 Å². The second-order valence-electron chi connectivity index (χ2n) is 1.54. The van der Waals surface area contributed by atoms with E-state index in [1.807, 2.05) is 0 Å². The van der Waals surface area contributed by atoms with Gasteiger partial charge in [-0.3, -0.25) is 4.79 Å². The number of carbonyl (C=O) groups excluding carboxylic acids is 1. The molecule has 8 heavy (non-hydrogen) atoms. The largest absolute Gasteiger partial charge is 0.362 e. The molecule has 1 N–H and O–H groups in total. The third-order valence-electron chi connectivity index (χ3n) is 0.462. The Bertz CT molecular complexity index is 94.7. The third kappa shape index (κ3) is 6.21. The Morgan fingerprint density at radius 3 is 2.12 bits per heavy atom. The average Bonchev–Trinajstić information content (AvgIpc) is 1.21. The molecule has 0 unspecified atom stereocenters. The predicted molar refractivity (Wildman–Crippen MR) is 32.0 cm³/mol. The van der Waals surface area contributed by atoms with Crippen LogP contribution in [0.2, 0.25) is 0 Å². The van der Waals surface area contributed by atoms with E-state index in [2.05, 4.69) is 0 Å². The second kappa shape index (κ2) is 2.67. The Morgan fingerprint density at radius 1 is 1.75 bits per heavy atom. The molecular formula is C4H6Cl2O2. The third-order valence-corrected chi connectivity index (χ3v) is 0.729. The van der Waals surface area contributed by atoms with Crippen LogP contribution in [0.25, 0.3) is 0 Å². The molecule has 0 aliphatic carbocycles.